The molecule has 248 valence electrons. The van der Waals surface area contributed by atoms with E-state index in [1.54, 1.807) is 24.3 Å². The highest BCUT2D eigenvalue weighted by atomic mass is 35.5. The number of nitrogens with one attached hydrogen (secondary N) is 3. The first-order valence-electron chi connectivity index (χ1n) is 15.1. The Bertz CT molecular complexity index is 2160. The van der Waals surface area contributed by atoms with Gasteiger partial charge in [-0.15, -0.1) is 5.11 Å². The Morgan fingerprint density at radius 2 is 1.54 bits per heavy atom. The molecule has 1 aromatic heterocycles. The van der Waals surface area contributed by atoms with E-state index >= 15 is 0 Å². The summed E-state index contributed by atoms with van der Waals surface area (Å²) >= 11 is 6.23. The van der Waals surface area contributed by atoms with Crippen LogP contribution in [0.1, 0.15) is 37.0 Å². The predicted octanol–water partition coefficient (Wildman–Crippen LogP) is 8.66. The topological polar surface area (TPSA) is 160 Å². The van der Waals surface area contributed by atoms with Crippen LogP contribution in [-0.4, -0.2) is 42.1 Å². The van der Waals surface area contributed by atoms with E-state index in [0.717, 1.165) is 21.9 Å². The molecule has 12 nitrogen and oxygen atoms in total. The van der Waals surface area contributed by atoms with Crippen LogP contribution >= 0.6 is 11.6 Å². The van der Waals surface area contributed by atoms with Gasteiger partial charge in [-0.25, -0.2) is 8.42 Å². The Balaban J connectivity index is 1.44. The molecule has 0 bridgehead atoms. The number of hydrogen-bond donors (Lipinski definition) is 3. The van der Waals surface area contributed by atoms with Crippen LogP contribution in [0.25, 0.3) is 10.8 Å². The highest BCUT2D eigenvalue weighted by Crippen LogP contribution is 2.39. The van der Waals surface area contributed by atoms with Crippen LogP contribution < -0.4 is 20.7 Å². The quantitative estimate of drug-likeness (QED) is 0.116. The third kappa shape index (κ3) is 8.04. The maximum atomic E-state index is 12.4. The molecule has 0 aliphatic rings. The molecule has 0 aliphatic carbocycles. The lowest BCUT2D eigenvalue weighted by atomic mass is 9.99. The molecule has 5 aromatic rings. The molecule has 0 saturated heterocycles. The zero-order chi connectivity index (χ0) is 34.6. The smallest absolute Gasteiger partial charge is 0.233 e. The second-order valence-corrected chi connectivity index (χ2v) is 13.7. The highest BCUT2D eigenvalue weighted by molar-refractivity contribution is 7.91. The summed E-state index contributed by atoms with van der Waals surface area (Å²) in [6, 6.07) is 17.9. The monoisotopic (exact) mass is 686 g/mol. The SMILES string of the molecule is CCCS(=O)(=O)c1ccc(Nc2nc(Cl)nc(Nc3cc(NC(C)=O)c(N=Nc4cc5c(C)cc(C)cc5cc4C)cc3OC)n2)cc1. The molecule has 1 heterocycles. The van der Waals surface area contributed by atoms with Crippen molar-refractivity contribution in [3.8, 4) is 5.75 Å². The fraction of sp³-hybridized carbons (Fsp3) is 0.235. The molecule has 3 N–H and O–H groups in total. The molecule has 14 heteroatoms. The maximum Gasteiger partial charge on any atom is 0.233 e. The molecule has 48 heavy (non-hydrogen) atoms. The van der Waals surface area contributed by atoms with Gasteiger partial charge in [-0.2, -0.15) is 20.1 Å². The lowest BCUT2D eigenvalue weighted by Gasteiger charge is -2.15. The van der Waals surface area contributed by atoms with E-state index in [0.29, 0.717) is 40.6 Å². The van der Waals surface area contributed by atoms with E-state index in [4.69, 9.17) is 16.3 Å². The summed E-state index contributed by atoms with van der Waals surface area (Å²) < 4.78 is 30.4. The van der Waals surface area contributed by atoms with Crippen LogP contribution in [0, 0.1) is 20.8 Å². The number of benzene rings is 4. The van der Waals surface area contributed by atoms with Crippen LogP contribution in [-0.2, 0) is 14.6 Å². The molecule has 0 unspecified atom stereocenters. The number of fused-ring (bicyclic) bond motifs is 1. The van der Waals surface area contributed by atoms with Crippen molar-refractivity contribution in [2.24, 2.45) is 10.2 Å². The summed E-state index contributed by atoms with van der Waals surface area (Å²) in [5.74, 6) is 0.328. The number of anilines is 5. The molecule has 4 aromatic carbocycles. The highest BCUT2D eigenvalue weighted by Gasteiger charge is 2.16. The normalized spacial score (nSPS) is 11.6. The van der Waals surface area contributed by atoms with Crippen molar-refractivity contribution >= 4 is 78.5 Å². The zero-order valence-corrected chi connectivity index (χ0v) is 28.9. The lowest BCUT2D eigenvalue weighted by molar-refractivity contribution is -0.114. The molecule has 5 rings (SSSR count). The molecule has 0 radical (unpaired) electrons. The van der Waals surface area contributed by atoms with Gasteiger partial charge in [0.25, 0.3) is 0 Å². The minimum atomic E-state index is -3.35. The van der Waals surface area contributed by atoms with Gasteiger partial charge in [-0.3, -0.25) is 4.79 Å². The standard InChI is InChI=1S/C34H35ClN8O4S/c1-7-12-48(45,46)25-10-8-24(9-11-25)37-33-39-32(35)40-34(41-33)38-30-17-28(36-22(5)44)29(18-31(30)47-6)43-42-27-16-26-20(3)13-19(2)14-23(26)15-21(27)4/h8-11,13-18H,7,12H2,1-6H3,(H,36,44)(H2,37,38,39,40,41). The molecule has 0 aliphatic heterocycles. The number of carbonyl (C=O) groups is 1. The number of ether oxygens (including phenoxy) is 1. The second kappa shape index (κ2) is 14.3. The Hall–Kier alpha value is -5.14. The Labute approximate surface area is 284 Å². The average Bonchev–Trinajstić information content (AvgIpc) is 3.00. The number of amides is 1. The lowest BCUT2D eigenvalue weighted by Crippen LogP contribution is -2.08. The Morgan fingerprint density at radius 1 is 0.854 bits per heavy atom. The largest absolute Gasteiger partial charge is 0.494 e. The number of rotatable bonds is 11. The summed E-state index contributed by atoms with van der Waals surface area (Å²) in [6.07, 6.45) is 0.524. The van der Waals surface area contributed by atoms with Crippen molar-refractivity contribution < 1.29 is 17.9 Å². The first-order chi connectivity index (χ1) is 22.8. The van der Waals surface area contributed by atoms with Gasteiger partial charge in [0.2, 0.25) is 23.1 Å². The number of nitrogens with zero attached hydrogens (tertiary/aromatic N) is 5. The van der Waals surface area contributed by atoms with Crippen LogP contribution in [0.5, 0.6) is 5.75 Å². The molecular weight excluding hydrogens is 652 g/mol. The van der Waals surface area contributed by atoms with Gasteiger partial charge in [0.05, 0.1) is 34.8 Å². The van der Waals surface area contributed by atoms with Crippen LogP contribution in [0.3, 0.4) is 0 Å². The summed E-state index contributed by atoms with van der Waals surface area (Å²) in [6.45, 7) is 9.32. The first-order valence-corrected chi connectivity index (χ1v) is 17.1. The molecule has 0 saturated carbocycles. The van der Waals surface area contributed by atoms with Crippen molar-refractivity contribution in [3.63, 3.8) is 0 Å². The van der Waals surface area contributed by atoms with Crippen molar-refractivity contribution in [2.75, 3.05) is 28.8 Å². The van der Waals surface area contributed by atoms with Gasteiger partial charge in [0.1, 0.15) is 11.4 Å². The zero-order valence-electron chi connectivity index (χ0n) is 27.3. The number of azo groups is 1. The van der Waals surface area contributed by atoms with Gasteiger partial charge in [-0.05, 0) is 103 Å². The average molecular weight is 687 g/mol. The maximum absolute atomic E-state index is 12.4. The van der Waals surface area contributed by atoms with E-state index in [-0.39, 0.29) is 33.7 Å². The van der Waals surface area contributed by atoms with E-state index < -0.39 is 9.84 Å². The van der Waals surface area contributed by atoms with Crippen molar-refractivity contribution in [2.45, 2.75) is 45.9 Å². The number of carbonyl (C=O) groups excluding carboxylic acids is 1. The summed E-state index contributed by atoms with van der Waals surface area (Å²) in [4.78, 5) is 25.1. The fourth-order valence-electron chi connectivity index (χ4n) is 5.15. The van der Waals surface area contributed by atoms with Gasteiger partial charge >= 0.3 is 0 Å². The minimum Gasteiger partial charge on any atom is -0.494 e. The fourth-order valence-corrected chi connectivity index (χ4v) is 6.64. The second-order valence-electron chi connectivity index (χ2n) is 11.2. The molecule has 0 fully saturated rings. The molecule has 0 spiro atoms. The van der Waals surface area contributed by atoms with Crippen LogP contribution in [0.15, 0.2) is 75.8 Å². The Morgan fingerprint density at radius 3 is 2.21 bits per heavy atom. The number of sulfone groups is 1. The third-order valence-electron chi connectivity index (χ3n) is 7.31. The number of methoxy groups -OCH3 is 1. The molecule has 0 atom stereocenters. The molecule has 1 amide bonds. The van der Waals surface area contributed by atoms with Gasteiger partial charge in [0.15, 0.2) is 9.84 Å². The van der Waals surface area contributed by atoms with Crippen LogP contribution in [0.4, 0.5) is 40.3 Å². The summed E-state index contributed by atoms with van der Waals surface area (Å²) in [7, 11) is -1.86. The van der Waals surface area contributed by atoms with E-state index in [9.17, 15) is 13.2 Å². The van der Waals surface area contributed by atoms with Gasteiger partial charge in [-0.1, -0.05) is 24.6 Å². The minimum absolute atomic E-state index is 0.0679. The van der Waals surface area contributed by atoms with Gasteiger partial charge < -0.3 is 20.7 Å². The third-order valence-corrected chi connectivity index (χ3v) is 9.42. The predicted molar refractivity (Wildman–Crippen MR) is 190 cm³/mol. The number of hydrogen-bond acceptors (Lipinski definition) is 11. The Kier molecular flexibility index (Phi) is 10.2. The van der Waals surface area contributed by atoms with Crippen molar-refractivity contribution in [1.29, 1.82) is 0 Å². The number of halogens is 1. The number of aromatic nitrogens is 3. The molecular formula is C34H35ClN8O4S. The first kappa shape index (κ1) is 34.2. The summed E-state index contributed by atoms with van der Waals surface area (Å²) in [5.41, 5.74) is 5.68. The van der Waals surface area contributed by atoms with E-state index in [2.05, 4.69) is 73.2 Å². The van der Waals surface area contributed by atoms with Crippen molar-refractivity contribution in [1.82, 2.24) is 15.0 Å². The van der Waals surface area contributed by atoms with Crippen molar-refractivity contribution in [3.05, 3.63) is 82.6 Å². The van der Waals surface area contributed by atoms with Gasteiger partial charge in [0, 0.05) is 18.7 Å². The van der Waals surface area contributed by atoms with Crippen LogP contribution in [0.2, 0.25) is 5.28 Å². The van der Waals surface area contributed by atoms with E-state index in [1.807, 2.05) is 19.9 Å². The van der Waals surface area contributed by atoms with E-state index in [1.165, 1.54) is 31.7 Å². The number of aryl methyl sites for hydroxylation is 3. The summed E-state index contributed by atoms with van der Waals surface area (Å²) in [5, 5.41) is 20.1.